The number of rotatable bonds is 16. The monoisotopic (exact) mass is 581 g/mol. The number of halogens is 7. The molecule has 2 aromatic carbocycles. The number of aromatic nitrogens is 1. The molecule has 39 heavy (non-hydrogen) atoms. The van der Waals surface area contributed by atoms with Crippen LogP contribution in [0.3, 0.4) is 0 Å². The highest BCUT2D eigenvalue weighted by atomic mass is 32.1. The normalized spacial score (nSPS) is 12.8. The van der Waals surface area contributed by atoms with E-state index in [0.717, 1.165) is 39.1 Å². The highest BCUT2D eigenvalue weighted by Crippen LogP contribution is 2.46. The second kappa shape index (κ2) is 13.8. The molecule has 12 heteroatoms. The number of ether oxygens (including phenoxy) is 3. The number of benzene rings is 2. The lowest BCUT2D eigenvalue weighted by molar-refractivity contribution is -0.361. The molecule has 0 aliphatic heterocycles. The molecule has 3 aromatic rings. The minimum Gasteiger partial charge on any atom is -0.491 e. The lowest BCUT2D eigenvalue weighted by Gasteiger charge is -2.27. The number of hydrogen-bond acceptors (Lipinski definition) is 5. The predicted molar refractivity (Wildman–Crippen MR) is 136 cm³/mol. The SMILES string of the molecule is CCCCCCc1ncc(-c2ccc3cc(OCCOCCOCC(F)(F)C(F)(F)C(F)(F)F)ccc3c2)s1. The second-order valence-electron chi connectivity index (χ2n) is 8.94. The van der Waals surface area contributed by atoms with Gasteiger partial charge in [-0.2, -0.15) is 30.7 Å². The van der Waals surface area contributed by atoms with Crippen molar-refractivity contribution in [3.8, 4) is 16.2 Å². The van der Waals surface area contributed by atoms with Crippen molar-refractivity contribution in [1.82, 2.24) is 4.98 Å². The molecule has 0 aliphatic carbocycles. The Morgan fingerprint density at radius 2 is 1.49 bits per heavy atom. The van der Waals surface area contributed by atoms with Crippen LogP contribution in [0.1, 0.15) is 37.6 Å². The van der Waals surface area contributed by atoms with Crippen LogP contribution in [-0.4, -0.2) is 56.0 Å². The summed E-state index contributed by atoms with van der Waals surface area (Å²) < 4.78 is 103. The zero-order valence-electron chi connectivity index (χ0n) is 21.3. The summed E-state index contributed by atoms with van der Waals surface area (Å²) in [6.45, 7) is -0.623. The molecule has 3 rings (SSSR count). The maximum Gasteiger partial charge on any atom is 0.459 e. The number of nitrogens with zero attached hydrogens (tertiary/aromatic N) is 1. The van der Waals surface area contributed by atoms with Crippen LogP contribution in [0.2, 0.25) is 0 Å². The first-order valence-corrected chi connectivity index (χ1v) is 13.4. The molecule has 0 saturated heterocycles. The quantitative estimate of drug-likeness (QED) is 0.126. The van der Waals surface area contributed by atoms with Gasteiger partial charge in [0.25, 0.3) is 0 Å². The Balaban J connectivity index is 1.39. The van der Waals surface area contributed by atoms with Crippen LogP contribution in [0.5, 0.6) is 5.75 Å². The van der Waals surface area contributed by atoms with Gasteiger partial charge in [0.1, 0.15) is 19.0 Å². The fourth-order valence-electron chi connectivity index (χ4n) is 3.67. The summed E-state index contributed by atoms with van der Waals surface area (Å²) >= 11 is 1.71. The fraction of sp³-hybridized carbons (Fsp3) is 0.519. The molecular formula is C27H30F7NO3S. The van der Waals surface area contributed by atoms with Gasteiger partial charge in [-0.25, -0.2) is 4.98 Å². The lowest BCUT2D eigenvalue weighted by atomic mass is 10.1. The van der Waals surface area contributed by atoms with E-state index in [1.54, 1.807) is 17.4 Å². The number of fused-ring (bicyclic) bond motifs is 1. The Labute approximate surface area is 226 Å². The van der Waals surface area contributed by atoms with Crippen LogP contribution in [0.4, 0.5) is 30.7 Å². The highest BCUT2D eigenvalue weighted by molar-refractivity contribution is 7.15. The molecule has 0 N–H and O–H groups in total. The van der Waals surface area contributed by atoms with Gasteiger partial charge in [-0.15, -0.1) is 11.3 Å². The molecule has 0 radical (unpaired) electrons. The summed E-state index contributed by atoms with van der Waals surface area (Å²) in [5, 5.41) is 3.13. The summed E-state index contributed by atoms with van der Waals surface area (Å²) in [4.78, 5) is 5.67. The van der Waals surface area contributed by atoms with Crippen molar-refractivity contribution in [2.45, 2.75) is 57.0 Å². The Morgan fingerprint density at radius 3 is 2.23 bits per heavy atom. The maximum absolute atomic E-state index is 13.1. The Bertz CT molecular complexity index is 1180. The zero-order chi connectivity index (χ0) is 28.5. The van der Waals surface area contributed by atoms with Gasteiger partial charge in [0.05, 0.1) is 29.7 Å². The van der Waals surface area contributed by atoms with E-state index in [0.29, 0.717) is 5.75 Å². The third-order valence-electron chi connectivity index (χ3n) is 5.86. The van der Waals surface area contributed by atoms with Gasteiger partial charge in [-0.05, 0) is 47.4 Å². The standard InChI is InChI=1S/C27H30F7NO3S/c1-2-3-4-5-6-24-35-17-23(39-24)21-8-7-20-16-22(10-9-19(20)15-21)38-14-13-36-11-12-37-18-25(28,29)26(30,31)27(32,33)34/h7-10,15-17H,2-6,11-14,18H2,1H3. The zero-order valence-corrected chi connectivity index (χ0v) is 22.2. The highest BCUT2D eigenvalue weighted by Gasteiger charge is 2.72. The van der Waals surface area contributed by atoms with Crippen LogP contribution in [0, 0.1) is 0 Å². The molecule has 0 amide bonds. The van der Waals surface area contributed by atoms with Crippen molar-refractivity contribution in [2.75, 3.05) is 33.0 Å². The van der Waals surface area contributed by atoms with E-state index in [4.69, 9.17) is 9.47 Å². The van der Waals surface area contributed by atoms with Gasteiger partial charge in [-0.3, -0.25) is 0 Å². The molecule has 0 atom stereocenters. The minimum atomic E-state index is -6.38. The Kier molecular flexibility index (Phi) is 11.0. The molecule has 0 saturated carbocycles. The molecule has 0 aliphatic rings. The molecule has 0 unspecified atom stereocenters. The largest absolute Gasteiger partial charge is 0.491 e. The van der Waals surface area contributed by atoms with Crippen molar-refractivity contribution in [3.63, 3.8) is 0 Å². The van der Waals surface area contributed by atoms with Crippen molar-refractivity contribution in [1.29, 1.82) is 0 Å². The van der Waals surface area contributed by atoms with E-state index in [1.165, 1.54) is 19.3 Å². The van der Waals surface area contributed by atoms with E-state index in [9.17, 15) is 30.7 Å². The molecule has 0 spiro atoms. The molecule has 1 heterocycles. The van der Waals surface area contributed by atoms with Crippen molar-refractivity contribution in [2.24, 2.45) is 0 Å². The van der Waals surface area contributed by atoms with E-state index < -0.39 is 31.2 Å². The summed E-state index contributed by atoms with van der Waals surface area (Å²) in [7, 11) is 0. The van der Waals surface area contributed by atoms with Crippen LogP contribution in [0.25, 0.3) is 21.2 Å². The van der Waals surface area contributed by atoms with Gasteiger partial charge >= 0.3 is 18.0 Å². The summed E-state index contributed by atoms with van der Waals surface area (Å²) in [5.74, 6) is -11.0. The van der Waals surface area contributed by atoms with Crippen LogP contribution >= 0.6 is 11.3 Å². The average molecular weight is 582 g/mol. The summed E-state index contributed by atoms with van der Waals surface area (Å²) in [6, 6.07) is 11.7. The van der Waals surface area contributed by atoms with Gasteiger partial charge in [0.15, 0.2) is 0 Å². The summed E-state index contributed by atoms with van der Waals surface area (Å²) in [6.07, 6.45) is 1.33. The van der Waals surface area contributed by atoms with Crippen LogP contribution in [0.15, 0.2) is 42.6 Å². The van der Waals surface area contributed by atoms with Gasteiger partial charge < -0.3 is 14.2 Å². The molecule has 0 bridgehead atoms. The Hall–Kier alpha value is -2.44. The average Bonchev–Trinajstić information content (AvgIpc) is 3.36. The van der Waals surface area contributed by atoms with E-state index in [2.05, 4.69) is 22.7 Å². The smallest absolute Gasteiger partial charge is 0.459 e. The van der Waals surface area contributed by atoms with Crippen molar-refractivity contribution >= 4 is 22.1 Å². The van der Waals surface area contributed by atoms with E-state index >= 15 is 0 Å². The minimum absolute atomic E-state index is 0.0294. The van der Waals surface area contributed by atoms with Gasteiger partial charge in [-0.1, -0.05) is 44.4 Å². The fourth-order valence-corrected chi connectivity index (χ4v) is 4.62. The first kappa shape index (κ1) is 31.1. The Morgan fingerprint density at radius 1 is 0.795 bits per heavy atom. The third kappa shape index (κ3) is 8.52. The maximum atomic E-state index is 13.1. The van der Waals surface area contributed by atoms with Crippen molar-refractivity contribution < 1.29 is 44.9 Å². The van der Waals surface area contributed by atoms with Gasteiger partial charge in [0, 0.05) is 6.20 Å². The molecule has 1 aromatic heterocycles. The third-order valence-corrected chi connectivity index (χ3v) is 6.97. The lowest BCUT2D eigenvalue weighted by Crippen LogP contribution is -2.54. The molecular weight excluding hydrogens is 551 g/mol. The van der Waals surface area contributed by atoms with Crippen LogP contribution in [-0.2, 0) is 15.9 Å². The van der Waals surface area contributed by atoms with E-state index in [-0.39, 0.29) is 19.8 Å². The topological polar surface area (TPSA) is 40.6 Å². The first-order chi connectivity index (χ1) is 18.4. The second-order valence-corrected chi connectivity index (χ2v) is 10.1. The number of unbranched alkanes of at least 4 members (excludes halogenated alkanes) is 3. The summed E-state index contributed by atoms with van der Waals surface area (Å²) in [5.41, 5.74) is 1.09. The van der Waals surface area contributed by atoms with Gasteiger partial charge in [0.2, 0.25) is 0 Å². The number of alkyl halides is 7. The first-order valence-electron chi connectivity index (χ1n) is 12.5. The predicted octanol–water partition coefficient (Wildman–Crippen LogP) is 8.33. The number of hydrogen-bond donors (Lipinski definition) is 0. The molecule has 4 nitrogen and oxygen atoms in total. The van der Waals surface area contributed by atoms with Crippen LogP contribution < -0.4 is 4.74 Å². The number of aryl methyl sites for hydroxylation is 1. The molecule has 216 valence electrons. The van der Waals surface area contributed by atoms with Crippen molar-refractivity contribution in [3.05, 3.63) is 47.6 Å². The molecule has 0 fully saturated rings. The van der Waals surface area contributed by atoms with E-state index in [1.807, 2.05) is 30.5 Å². The number of thiazole rings is 1.